The average molecular weight is 212 g/mol. The molecule has 0 aromatic rings. The van der Waals surface area contributed by atoms with E-state index in [1.54, 1.807) is 0 Å². The fraction of sp³-hybridized carbons (Fsp3) is 0.143. The molecular formula is C14H16N2. The van der Waals surface area contributed by atoms with Crippen LogP contribution >= 0.6 is 0 Å². The summed E-state index contributed by atoms with van der Waals surface area (Å²) in [6, 6.07) is 0. The largest absolute Gasteiger partial charge is 0.368 e. The zero-order valence-corrected chi connectivity index (χ0v) is 9.35. The number of allylic oxidation sites excluding steroid dienone is 8. The predicted molar refractivity (Wildman–Crippen MR) is 68.2 cm³/mol. The Morgan fingerprint density at radius 2 is 1.75 bits per heavy atom. The molecule has 0 amide bonds. The van der Waals surface area contributed by atoms with Crippen LogP contribution in [0, 0.1) is 5.92 Å². The Labute approximate surface area is 96.4 Å². The second-order valence-corrected chi connectivity index (χ2v) is 3.78. The zero-order chi connectivity index (χ0) is 11.2. The van der Waals surface area contributed by atoms with Gasteiger partial charge in [-0.05, 0) is 29.4 Å². The van der Waals surface area contributed by atoms with Crippen LogP contribution in [0.25, 0.3) is 0 Å². The van der Waals surface area contributed by atoms with Gasteiger partial charge in [-0.2, -0.15) is 0 Å². The van der Waals surface area contributed by atoms with E-state index < -0.39 is 0 Å². The summed E-state index contributed by atoms with van der Waals surface area (Å²) < 4.78 is 0. The molecule has 1 unspecified atom stereocenters. The maximum absolute atomic E-state index is 3.14. The SMILES string of the molecule is CC(C1=CC=CNC=C1)C1=CNC=CC=C1. The lowest BCUT2D eigenvalue weighted by Crippen LogP contribution is -2.03. The van der Waals surface area contributed by atoms with E-state index in [1.807, 2.05) is 37.0 Å². The number of hydrogen-bond acceptors (Lipinski definition) is 2. The Bertz CT molecular complexity index is 420. The zero-order valence-electron chi connectivity index (χ0n) is 9.35. The number of nitrogens with one attached hydrogen (secondary N) is 2. The third kappa shape index (κ3) is 2.54. The Morgan fingerprint density at radius 1 is 0.875 bits per heavy atom. The summed E-state index contributed by atoms with van der Waals surface area (Å²) in [7, 11) is 0. The van der Waals surface area contributed by atoms with Gasteiger partial charge in [0.15, 0.2) is 0 Å². The van der Waals surface area contributed by atoms with Gasteiger partial charge in [0.05, 0.1) is 0 Å². The van der Waals surface area contributed by atoms with Crippen LogP contribution in [0.15, 0.2) is 72.4 Å². The van der Waals surface area contributed by atoms with Crippen LogP contribution in [0.3, 0.4) is 0 Å². The first-order chi connectivity index (χ1) is 7.88. The van der Waals surface area contributed by atoms with Crippen LogP contribution in [0.5, 0.6) is 0 Å². The van der Waals surface area contributed by atoms with Gasteiger partial charge in [-0.3, -0.25) is 0 Å². The Morgan fingerprint density at radius 3 is 2.69 bits per heavy atom. The van der Waals surface area contributed by atoms with Gasteiger partial charge in [-0.1, -0.05) is 25.2 Å². The summed E-state index contributed by atoms with van der Waals surface area (Å²) in [5.74, 6) is 0.379. The highest BCUT2D eigenvalue weighted by Gasteiger charge is 2.10. The summed E-state index contributed by atoms with van der Waals surface area (Å²) in [6.45, 7) is 2.21. The molecule has 2 nitrogen and oxygen atoms in total. The highest BCUT2D eigenvalue weighted by atomic mass is 14.8. The minimum atomic E-state index is 0.379. The van der Waals surface area contributed by atoms with E-state index in [2.05, 4.69) is 41.9 Å². The van der Waals surface area contributed by atoms with E-state index in [0.717, 1.165) is 0 Å². The third-order valence-corrected chi connectivity index (χ3v) is 2.70. The lowest BCUT2D eigenvalue weighted by Gasteiger charge is -2.13. The second-order valence-electron chi connectivity index (χ2n) is 3.78. The summed E-state index contributed by atoms with van der Waals surface area (Å²) in [5.41, 5.74) is 2.57. The molecule has 82 valence electrons. The molecule has 0 aromatic heterocycles. The van der Waals surface area contributed by atoms with Crippen molar-refractivity contribution < 1.29 is 0 Å². The van der Waals surface area contributed by atoms with E-state index in [0.29, 0.717) is 5.92 Å². The standard InChI is InChI=1S/C14H16N2/c1-12(13-6-4-9-15-10-7-13)14-5-2-3-8-16-11-14/h2-12,15-16H,1H3. The van der Waals surface area contributed by atoms with Crippen LogP contribution < -0.4 is 10.6 Å². The fourth-order valence-electron chi connectivity index (χ4n) is 1.69. The predicted octanol–water partition coefficient (Wildman–Crippen LogP) is 2.74. The van der Waals surface area contributed by atoms with E-state index in [1.165, 1.54) is 11.1 Å². The van der Waals surface area contributed by atoms with Gasteiger partial charge in [0.1, 0.15) is 0 Å². The number of rotatable bonds is 2. The first-order valence-corrected chi connectivity index (χ1v) is 5.46. The molecule has 0 aliphatic carbocycles. The summed E-state index contributed by atoms with van der Waals surface area (Å²) in [6.07, 6.45) is 20.3. The van der Waals surface area contributed by atoms with Crippen molar-refractivity contribution in [2.45, 2.75) is 6.92 Å². The van der Waals surface area contributed by atoms with Gasteiger partial charge in [-0.15, -0.1) is 0 Å². The minimum Gasteiger partial charge on any atom is -0.368 e. The van der Waals surface area contributed by atoms with Gasteiger partial charge >= 0.3 is 0 Å². The normalized spacial score (nSPS) is 20.1. The molecule has 16 heavy (non-hydrogen) atoms. The Kier molecular flexibility index (Phi) is 3.44. The van der Waals surface area contributed by atoms with Gasteiger partial charge in [0, 0.05) is 30.7 Å². The molecule has 2 heterocycles. The summed E-state index contributed by atoms with van der Waals surface area (Å²) in [4.78, 5) is 0. The maximum atomic E-state index is 3.14. The Hall–Kier alpha value is -1.96. The molecule has 2 aliphatic rings. The van der Waals surface area contributed by atoms with Crippen molar-refractivity contribution in [2.24, 2.45) is 5.92 Å². The van der Waals surface area contributed by atoms with Crippen molar-refractivity contribution in [3.8, 4) is 0 Å². The molecule has 0 aromatic carbocycles. The van der Waals surface area contributed by atoms with Crippen molar-refractivity contribution >= 4 is 0 Å². The fourth-order valence-corrected chi connectivity index (χ4v) is 1.69. The molecule has 0 bridgehead atoms. The van der Waals surface area contributed by atoms with Crippen LogP contribution in [0.4, 0.5) is 0 Å². The van der Waals surface area contributed by atoms with Crippen LogP contribution in [0.1, 0.15) is 6.92 Å². The van der Waals surface area contributed by atoms with Gasteiger partial charge in [-0.25, -0.2) is 0 Å². The molecular weight excluding hydrogens is 196 g/mol. The van der Waals surface area contributed by atoms with Crippen molar-refractivity contribution in [1.29, 1.82) is 0 Å². The topological polar surface area (TPSA) is 24.1 Å². The van der Waals surface area contributed by atoms with E-state index in [9.17, 15) is 0 Å². The molecule has 1 atom stereocenters. The lowest BCUT2D eigenvalue weighted by atomic mass is 9.92. The van der Waals surface area contributed by atoms with Crippen LogP contribution in [-0.2, 0) is 0 Å². The van der Waals surface area contributed by atoms with E-state index in [-0.39, 0.29) is 0 Å². The van der Waals surface area contributed by atoms with Crippen molar-refractivity contribution in [2.75, 3.05) is 0 Å². The number of hydrogen-bond donors (Lipinski definition) is 2. The van der Waals surface area contributed by atoms with E-state index >= 15 is 0 Å². The maximum Gasteiger partial charge on any atom is 0.00759 e. The first-order valence-electron chi connectivity index (χ1n) is 5.46. The van der Waals surface area contributed by atoms with Crippen molar-refractivity contribution in [1.82, 2.24) is 10.6 Å². The molecule has 2 rings (SSSR count). The summed E-state index contributed by atoms with van der Waals surface area (Å²) >= 11 is 0. The highest BCUT2D eigenvalue weighted by molar-refractivity contribution is 5.38. The van der Waals surface area contributed by atoms with Crippen molar-refractivity contribution in [3.05, 3.63) is 72.4 Å². The molecule has 0 radical (unpaired) electrons. The molecule has 0 saturated heterocycles. The second kappa shape index (κ2) is 5.21. The first kappa shape index (κ1) is 10.6. The van der Waals surface area contributed by atoms with Gasteiger partial charge < -0.3 is 10.6 Å². The van der Waals surface area contributed by atoms with Crippen LogP contribution in [0.2, 0.25) is 0 Å². The molecule has 2 N–H and O–H groups in total. The van der Waals surface area contributed by atoms with Crippen LogP contribution in [-0.4, -0.2) is 0 Å². The Balaban J connectivity index is 2.18. The van der Waals surface area contributed by atoms with Gasteiger partial charge in [0.25, 0.3) is 0 Å². The minimum absolute atomic E-state index is 0.379. The quantitative estimate of drug-likeness (QED) is 0.735. The smallest absolute Gasteiger partial charge is 0.00759 e. The molecule has 2 heteroatoms. The molecule has 0 fully saturated rings. The highest BCUT2D eigenvalue weighted by Crippen LogP contribution is 2.23. The lowest BCUT2D eigenvalue weighted by molar-refractivity contribution is 0.837. The monoisotopic (exact) mass is 212 g/mol. The van der Waals surface area contributed by atoms with Crippen molar-refractivity contribution in [3.63, 3.8) is 0 Å². The average Bonchev–Trinajstić information content (AvgIpc) is 2.73. The molecule has 0 spiro atoms. The van der Waals surface area contributed by atoms with Gasteiger partial charge in [0.2, 0.25) is 0 Å². The molecule has 0 saturated carbocycles. The molecule has 2 aliphatic heterocycles. The summed E-state index contributed by atoms with van der Waals surface area (Å²) in [5, 5.41) is 6.21. The van der Waals surface area contributed by atoms with E-state index in [4.69, 9.17) is 0 Å². The third-order valence-electron chi connectivity index (χ3n) is 2.70.